The van der Waals surface area contributed by atoms with E-state index < -0.39 is 36.2 Å². The summed E-state index contributed by atoms with van der Waals surface area (Å²) in [5.74, 6) is -1.45. The van der Waals surface area contributed by atoms with Crippen molar-refractivity contribution < 1.29 is 29.2 Å². The van der Waals surface area contributed by atoms with Crippen LogP contribution in [0.25, 0.3) is 10.8 Å². The lowest BCUT2D eigenvalue weighted by Crippen LogP contribution is -2.39. The minimum Gasteiger partial charge on any atom is -0.459 e. The minimum atomic E-state index is -1.10. The smallest absolute Gasteiger partial charge is 0.338 e. The molecule has 1 aliphatic heterocycles. The molecule has 2 N–H and O–H groups in total. The molecule has 6 heteroatoms. The van der Waals surface area contributed by atoms with Gasteiger partial charge in [0.2, 0.25) is 0 Å². The molecule has 4 atom stereocenters. The third-order valence-corrected chi connectivity index (χ3v) is 5.61. The molecule has 0 saturated carbocycles. The van der Waals surface area contributed by atoms with E-state index in [0.29, 0.717) is 5.56 Å². The van der Waals surface area contributed by atoms with Gasteiger partial charge in [0.25, 0.3) is 0 Å². The van der Waals surface area contributed by atoms with E-state index in [1.54, 1.807) is 38.1 Å². The van der Waals surface area contributed by atoms with E-state index in [1.165, 1.54) is 0 Å². The summed E-state index contributed by atoms with van der Waals surface area (Å²) in [5, 5.41) is 23.7. The largest absolute Gasteiger partial charge is 0.459 e. The highest BCUT2D eigenvalue weighted by Gasteiger charge is 2.45. The van der Waals surface area contributed by atoms with Gasteiger partial charge in [0.05, 0.1) is 17.8 Å². The predicted octanol–water partition coefficient (Wildman–Crippen LogP) is 4.00. The third-order valence-electron chi connectivity index (χ3n) is 5.61. The standard InChI is InChI=1S/C26H28O6/c1-26(2)31-23(15-21(27)20-13-12-17-8-6-7-11-19(17)14-20)24(32-26)22(28)16-30-25(29)18-9-4-3-5-10-18/h3-14,21-24,27-28H,15-16H2,1-2H3/t21?,22-,23-,24-/m1/s1. The SMILES string of the molecule is CC1(C)O[C@H]([C@H](O)COC(=O)c2ccccc2)[C@@H](CC(O)c2ccc3ccccc3c2)O1. The highest BCUT2D eigenvalue weighted by Crippen LogP contribution is 2.35. The molecule has 3 aromatic carbocycles. The van der Waals surface area contributed by atoms with E-state index >= 15 is 0 Å². The second-order valence-electron chi connectivity index (χ2n) is 8.53. The number of aliphatic hydroxyl groups excluding tert-OH is 2. The Morgan fingerprint density at radius 2 is 1.66 bits per heavy atom. The third kappa shape index (κ3) is 5.16. The van der Waals surface area contributed by atoms with Gasteiger partial charge in [-0.2, -0.15) is 0 Å². The van der Waals surface area contributed by atoms with Crippen molar-refractivity contribution in [1.82, 2.24) is 0 Å². The molecule has 1 heterocycles. The van der Waals surface area contributed by atoms with E-state index in [9.17, 15) is 15.0 Å². The fourth-order valence-electron chi connectivity index (χ4n) is 4.06. The molecule has 1 saturated heterocycles. The van der Waals surface area contributed by atoms with Gasteiger partial charge in [-0.05, 0) is 48.4 Å². The summed E-state index contributed by atoms with van der Waals surface area (Å²) in [4.78, 5) is 12.2. The molecule has 1 fully saturated rings. The number of aliphatic hydroxyl groups is 2. The Kier molecular flexibility index (Phi) is 6.58. The van der Waals surface area contributed by atoms with Gasteiger partial charge in [-0.25, -0.2) is 4.79 Å². The number of carbonyl (C=O) groups is 1. The van der Waals surface area contributed by atoms with E-state index in [-0.39, 0.29) is 13.0 Å². The van der Waals surface area contributed by atoms with Crippen LogP contribution in [0.1, 0.15) is 42.3 Å². The van der Waals surface area contributed by atoms with Gasteiger partial charge >= 0.3 is 5.97 Å². The van der Waals surface area contributed by atoms with Crippen LogP contribution in [0.4, 0.5) is 0 Å². The average Bonchev–Trinajstić information content (AvgIpc) is 3.11. The van der Waals surface area contributed by atoms with Gasteiger partial charge in [0, 0.05) is 6.42 Å². The highest BCUT2D eigenvalue weighted by molar-refractivity contribution is 5.89. The Bertz CT molecular complexity index is 1060. The predicted molar refractivity (Wildman–Crippen MR) is 120 cm³/mol. The molecule has 0 aromatic heterocycles. The first-order valence-corrected chi connectivity index (χ1v) is 10.7. The Balaban J connectivity index is 1.42. The molecule has 32 heavy (non-hydrogen) atoms. The second kappa shape index (κ2) is 9.38. The summed E-state index contributed by atoms with van der Waals surface area (Å²) in [6.07, 6.45) is -2.99. The van der Waals surface area contributed by atoms with Gasteiger partial charge < -0.3 is 24.4 Å². The maximum absolute atomic E-state index is 12.2. The summed E-state index contributed by atoms with van der Waals surface area (Å²) in [7, 11) is 0. The van der Waals surface area contributed by atoms with Crippen molar-refractivity contribution in [2.75, 3.05) is 6.61 Å². The molecule has 0 aliphatic carbocycles. The molecule has 6 nitrogen and oxygen atoms in total. The first-order valence-electron chi connectivity index (χ1n) is 10.7. The molecule has 4 rings (SSSR count). The average molecular weight is 437 g/mol. The zero-order valence-electron chi connectivity index (χ0n) is 18.2. The summed E-state index contributed by atoms with van der Waals surface area (Å²) in [6.45, 7) is 3.27. The first-order chi connectivity index (χ1) is 15.3. The summed E-state index contributed by atoms with van der Waals surface area (Å²) < 4.78 is 17.1. The lowest BCUT2D eigenvalue weighted by atomic mass is 9.96. The number of hydrogen-bond acceptors (Lipinski definition) is 6. The van der Waals surface area contributed by atoms with Crippen LogP contribution in [0.5, 0.6) is 0 Å². The first kappa shape index (κ1) is 22.4. The minimum absolute atomic E-state index is 0.232. The number of rotatable bonds is 7. The molecular weight excluding hydrogens is 408 g/mol. The highest BCUT2D eigenvalue weighted by atomic mass is 16.8. The van der Waals surface area contributed by atoms with Crippen LogP contribution in [-0.2, 0) is 14.2 Å². The zero-order valence-corrected chi connectivity index (χ0v) is 18.2. The van der Waals surface area contributed by atoms with Gasteiger partial charge in [-0.1, -0.05) is 54.6 Å². The van der Waals surface area contributed by atoms with E-state index in [1.807, 2.05) is 48.5 Å². The fraction of sp³-hybridized carbons (Fsp3) is 0.346. The van der Waals surface area contributed by atoms with Crippen molar-refractivity contribution in [3.63, 3.8) is 0 Å². The quantitative estimate of drug-likeness (QED) is 0.545. The van der Waals surface area contributed by atoms with Gasteiger partial charge in [-0.15, -0.1) is 0 Å². The number of carbonyl (C=O) groups excluding carboxylic acids is 1. The van der Waals surface area contributed by atoms with Crippen LogP contribution in [0.3, 0.4) is 0 Å². The van der Waals surface area contributed by atoms with Crippen LogP contribution in [0.15, 0.2) is 72.8 Å². The normalized spacial score (nSPS) is 21.9. The maximum Gasteiger partial charge on any atom is 0.338 e. The van der Waals surface area contributed by atoms with Gasteiger partial charge in [0.15, 0.2) is 5.79 Å². The monoisotopic (exact) mass is 436 g/mol. The van der Waals surface area contributed by atoms with Crippen molar-refractivity contribution in [3.8, 4) is 0 Å². The number of hydrogen-bond donors (Lipinski definition) is 2. The topological polar surface area (TPSA) is 85.2 Å². The lowest BCUT2D eigenvalue weighted by Gasteiger charge is -2.24. The number of benzene rings is 3. The zero-order chi connectivity index (χ0) is 22.7. The number of ether oxygens (including phenoxy) is 3. The lowest BCUT2D eigenvalue weighted by molar-refractivity contribution is -0.158. The van der Waals surface area contributed by atoms with Gasteiger partial charge in [-0.3, -0.25) is 0 Å². The van der Waals surface area contributed by atoms with Crippen molar-refractivity contribution in [2.24, 2.45) is 0 Å². The molecule has 0 amide bonds. The fourth-order valence-corrected chi connectivity index (χ4v) is 4.06. The summed E-state index contributed by atoms with van der Waals surface area (Å²) in [6, 6.07) is 22.4. The number of esters is 1. The maximum atomic E-state index is 12.2. The molecule has 0 bridgehead atoms. The van der Waals surface area contributed by atoms with Crippen LogP contribution in [-0.4, -0.2) is 46.9 Å². The van der Waals surface area contributed by atoms with Crippen molar-refractivity contribution in [3.05, 3.63) is 83.9 Å². The Labute approximate surface area is 187 Å². The second-order valence-corrected chi connectivity index (χ2v) is 8.53. The molecule has 0 spiro atoms. The molecule has 1 unspecified atom stereocenters. The van der Waals surface area contributed by atoms with Crippen molar-refractivity contribution in [1.29, 1.82) is 0 Å². The summed E-state index contributed by atoms with van der Waals surface area (Å²) >= 11 is 0. The van der Waals surface area contributed by atoms with Crippen LogP contribution < -0.4 is 0 Å². The van der Waals surface area contributed by atoms with E-state index in [2.05, 4.69) is 0 Å². The van der Waals surface area contributed by atoms with Crippen LogP contribution >= 0.6 is 0 Å². The van der Waals surface area contributed by atoms with Crippen LogP contribution in [0, 0.1) is 0 Å². The van der Waals surface area contributed by atoms with Crippen molar-refractivity contribution >= 4 is 16.7 Å². The molecular formula is C26H28O6. The van der Waals surface area contributed by atoms with Crippen molar-refractivity contribution in [2.45, 2.75) is 50.5 Å². The Hall–Kier alpha value is -2.77. The molecule has 0 radical (unpaired) electrons. The summed E-state index contributed by atoms with van der Waals surface area (Å²) in [5.41, 5.74) is 1.17. The van der Waals surface area contributed by atoms with Gasteiger partial charge in [0.1, 0.15) is 18.8 Å². The number of fused-ring (bicyclic) bond motifs is 1. The van der Waals surface area contributed by atoms with E-state index in [4.69, 9.17) is 14.2 Å². The molecule has 1 aliphatic rings. The molecule has 3 aromatic rings. The van der Waals surface area contributed by atoms with E-state index in [0.717, 1.165) is 16.3 Å². The van der Waals surface area contributed by atoms with Crippen LogP contribution in [0.2, 0.25) is 0 Å². The molecule has 168 valence electrons. The Morgan fingerprint density at radius 3 is 2.41 bits per heavy atom. The Morgan fingerprint density at radius 1 is 0.969 bits per heavy atom.